The maximum atomic E-state index is 3.62. The number of halogens is 2. The number of anilines is 1. The molecular weight excluding hydrogens is 380 g/mol. The Balaban J connectivity index is 1.70. The average Bonchev–Trinajstić information content (AvgIpc) is 2.79. The summed E-state index contributed by atoms with van der Waals surface area (Å²) in [6.07, 6.45) is 2.15. The molecule has 0 spiro atoms. The molecule has 0 aliphatic rings. The van der Waals surface area contributed by atoms with E-state index in [9.17, 15) is 0 Å². The van der Waals surface area contributed by atoms with Crippen LogP contribution >= 0.6 is 31.9 Å². The number of nitrogens with zero attached hydrogens (tertiary/aromatic N) is 1. The molecule has 0 aliphatic carbocycles. The number of hydrogen-bond donors (Lipinski definition) is 1. The van der Waals surface area contributed by atoms with Gasteiger partial charge in [-0.3, -0.25) is 0 Å². The molecule has 1 heterocycles. The summed E-state index contributed by atoms with van der Waals surface area (Å²) < 4.78 is 4.52. The van der Waals surface area contributed by atoms with E-state index in [1.165, 1.54) is 10.9 Å². The van der Waals surface area contributed by atoms with Gasteiger partial charge in [-0.25, -0.2) is 0 Å². The summed E-state index contributed by atoms with van der Waals surface area (Å²) >= 11 is 7.06. The highest BCUT2D eigenvalue weighted by Gasteiger charge is 2.04. The summed E-state index contributed by atoms with van der Waals surface area (Å²) in [5.74, 6) is 0. The van der Waals surface area contributed by atoms with Gasteiger partial charge in [-0.2, -0.15) is 0 Å². The van der Waals surface area contributed by atoms with E-state index in [1.807, 2.05) is 12.1 Å². The molecule has 0 radical (unpaired) electrons. The van der Waals surface area contributed by atoms with Crippen LogP contribution in [0, 0.1) is 0 Å². The minimum absolute atomic E-state index is 0.896. The number of fused-ring (bicyclic) bond motifs is 1. The third-order valence-corrected chi connectivity index (χ3v) is 4.43. The van der Waals surface area contributed by atoms with Crippen molar-refractivity contribution in [2.45, 2.75) is 6.54 Å². The molecule has 2 nitrogen and oxygen atoms in total. The molecule has 3 aromatic rings. The lowest BCUT2D eigenvalue weighted by molar-refractivity contribution is 0.756. The summed E-state index contributed by atoms with van der Waals surface area (Å²) in [4.78, 5) is 0. The van der Waals surface area contributed by atoms with Crippen LogP contribution in [0.5, 0.6) is 0 Å². The largest absolute Gasteiger partial charge is 0.383 e. The quantitative estimate of drug-likeness (QED) is 0.638. The molecule has 20 heavy (non-hydrogen) atoms. The van der Waals surface area contributed by atoms with Gasteiger partial charge in [0.05, 0.1) is 0 Å². The molecular formula is C16H14Br2N2. The molecule has 1 N–H and O–H groups in total. The van der Waals surface area contributed by atoms with Crippen molar-refractivity contribution in [3.63, 3.8) is 0 Å². The van der Waals surface area contributed by atoms with Crippen LogP contribution in [0.1, 0.15) is 0 Å². The van der Waals surface area contributed by atoms with Crippen LogP contribution in [0.15, 0.2) is 63.7 Å². The lowest BCUT2D eigenvalue weighted by Crippen LogP contribution is -2.09. The average molecular weight is 394 g/mol. The van der Waals surface area contributed by atoms with Gasteiger partial charge in [-0.1, -0.05) is 34.1 Å². The Bertz CT molecular complexity index is 717. The van der Waals surface area contributed by atoms with Crippen LogP contribution in [-0.4, -0.2) is 11.1 Å². The van der Waals surface area contributed by atoms with Gasteiger partial charge in [0, 0.05) is 44.8 Å². The highest BCUT2D eigenvalue weighted by atomic mass is 79.9. The summed E-state index contributed by atoms with van der Waals surface area (Å²) in [5, 5.41) is 4.70. The molecule has 4 heteroatoms. The van der Waals surface area contributed by atoms with Gasteiger partial charge in [0.15, 0.2) is 0 Å². The Hall–Kier alpha value is -1.26. The van der Waals surface area contributed by atoms with E-state index in [1.54, 1.807) is 0 Å². The van der Waals surface area contributed by atoms with Gasteiger partial charge in [-0.15, -0.1) is 0 Å². The molecule has 0 bridgehead atoms. The van der Waals surface area contributed by atoms with Gasteiger partial charge in [0.25, 0.3) is 0 Å². The van der Waals surface area contributed by atoms with Crippen molar-refractivity contribution >= 4 is 48.5 Å². The fourth-order valence-electron chi connectivity index (χ4n) is 2.28. The van der Waals surface area contributed by atoms with Crippen molar-refractivity contribution in [2.24, 2.45) is 0 Å². The third kappa shape index (κ3) is 2.91. The van der Waals surface area contributed by atoms with Crippen molar-refractivity contribution in [2.75, 3.05) is 11.9 Å². The number of hydrogen-bond acceptors (Lipinski definition) is 1. The zero-order valence-electron chi connectivity index (χ0n) is 10.8. The van der Waals surface area contributed by atoms with Gasteiger partial charge < -0.3 is 9.88 Å². The summed E-state index contributed by atoms with van der Waals surface area (Å²) in [6, 6.07) is 16.7. The van der Waals surface area contributed by atoms with E-state index in [2.05, 4.69) is 84.3 Å². The molecule has 2 aromatic carbocycles. The number of aromatic nitrogens is 1. The number of benzene rings is 2. The molecule has 0 amide bonds. The standard InChI is InChI=1S/C16H14Br2N2/c17-12-5-7-13(8-6-12)19-9-10-20-11-15(18)14-3-1-2-4-16(14)20/h1-8,11,19H,9-10H2. The van der Waals surface area contributed by atoms with Crippen molar-refractivity contribution in [1.29, 1.82) is 0 Å². The minimum atomic E-state index is 0.896. The van der Waals surface area contributed by atoms with E-state index in [-0.39, 0.29) is 0 Å². The lowest BCUT2D eigenvalue weighted by atomic mass is 10.2. The second-order valence-corrected chi connectivity index (χ2v) is 6.39. The minimum Gasteiger partial charge on any atom is -0.383 e. The van der Waals surface area contributed by atoms with Gasteiger partial charge in [0.2, 0.25) is 0 Å². The zero-order chi connectivity index (χ0) is 13.9. The first kappa shape index (κ1) is 13.7. The predicted molar refractivity (Wildman–Crippen MR) is 92.3 cm³/mol. The number of nitrogens with one attached hydrogen (secondary N) is 1. The van der Waals surface area contributed by atoms with Gasteiger partial charge >= 0.3 is 0 Å². The Labute approximate surface area is 135 Å². The third-order valence-electron chi connectivity index (χ3n) is 3.27. The maximum Gasteiger partial charge on any atom is 0.0492 e. The molecule has 0 aliphatic heterocycles. The first-order valence-corrected chi connectivity index (χ1v) is 8.05. The molecule has 1 aromatic heterocycles. The first-order chi connectivity index (χ1) is 9.74. The van der Waals surface area contributed by atoms with Gasteiger partial charge in [0.1, 0.15) is 0 Å². The van der Waals surface area contributed by atoms with Crippen LogP contribution in [0.2, 0.25) is 0 Å². The molecule has 102 valence electrons. The molecule has 0 atom stereocenters. The highest BCUT2D eigenvalue weighted by Crippen LogP contribution is 2.25. The van der Waals surface area contributed by atoms with Crippen LogP contribution < -0.4 is 5.32 Å². The van der Waals surface area contributed by atoms with Crippen LogP contribution in [0.3, 0.4) is 0 Å². The Morgan fingerprint density at radius 1 is 0.950 bits per heavy atom. The van der Waals surface area contributed by atoms with Crippen molar-refractivity contribution in [1.82, 2.24) is 4.57 Å². The summed E-state index contributed by atoms with van der Waals surface area (Å²) in [7, 11) is 0. The van der Waals surface area contributed by atoms with Crippen molar-refractivity contribution in [3.8, 4) is 0 Å². The Kier molecular flexibility index (Phi) is 4.13. The summed E-state index contributed by atoms with van der Waals surface area (Å²) in [6.45, 7) is 1.83. The second kappa shape index (κ2) is 6.02. The topological polar surface area (TPSA) is 17.0 Å². The fourth-order valence-corrected chi connectivity index (χ4v) is 3.12. The van der Waals surface area contributed by atoms with E-state index >= 15 is 0 Å². The zero-order valence-corrected chi connectivity index (χ0v) is 14.0. The van der Waals surface area contributed by atoms with E-state index in [0.29, 0.717) is 0 Å². The predicted octanol–water partition coefficient (Wildman–Crippen LogP) is 5.28. The molecule has 3 rings (SSSR count). The monoisotopic (exact) mass is 392 g/mol. The Morgan fingerprint density at radius 3 is 2.50 bits per heavy atom. The van der Waals surface area contributed by atoms with Crippen molar-refractivity contribution in [3.05, 3.63) is 63.7 Å². The van der Waals surface area contributed by atoms with E-state index in [4.69, 9.17) is 0 Å². The summed E-state index contributed by atoms with van der Waals surface area (Å²) in [5.41, 5.74) is 2.40. The molecule has 0 saturated carbocycles. The van der Waals surface area contributed by atoms with Crippen molar-refractivity contribution < 1.29 is 0 Å². The molecule has 0 fully saturated rings. The number of rotatable bonds is 4. The first-order valence-electron chi connectivity index (χ1n) is 6.47. The maximum absolute atomic E-state index is 3.62. The van der Waals surface area contributed by atoms with Gasteiger partial charge in [-0.05, 0) is 46.3 Å². The number of para-hydroxylation sites is 1. The smallest absolute Gasteiger partial charge is 0.0492 e. The van der Waals surface area contributed by atoms with Crippen LogP contribution in [-0.2, 0) is 6.54 Å². The van der Waals surface area contributed by atoms with E-state index < -0.39 is 0 Å². The molecule has 0 unspecified atom stereocenters. The second-order valence-electron chi connectivity index (χ2n) is 4.62. The Morgan fingerprint density at radius 2 is 1.70 bits per heavy atom. The SMILES string of the molecule is Brc1ccc(NCCn2cc(Br)c3ccccc32)cc1. The normalized spacial score (nSPS) is 10.9. The van der Waals surface area contributed by atoms with Crippen LogP contribution in [0.4, 0.5) is 5.69 Å². The lowest BCUT2D eigenvalue weighted by Gasteiger charge is -2.08. The molecule has 0 saturated heterocycles. The highest BCUT2D eigenvalue weighted by molar-refractivity contribution is 9.11. The fraction of sp³-hybridized carbons (Fsp3) is 0.125. The van der Waals surface area contributed by atoms with E-state index in [0.717, 1.165) is 27.7 Å². The van der Waals surface area contributed by atoms with Crippen LogP contribution in [0.25, 0.3) is 10.9 Å².